The fraction of sp³-hybridized carbons (Fsp3) is 0.286. The van der Waals surface area contributed by atoms with Crippen LogP contribution in [0.15, 0.2) is 51.9 Å². The molecule has 1 nitrogen and oxygen atoms in total. The molecule has 0 N–H and O–H groups in total. The van der Waals surface area contributed by atoms with Gasteiger partial charge in [0.25, 0.3) is 0 Å². The number of rotatable bonds is 4. The van der Waals surface area contributed by atoms with Crippen molar-refractivity contribution in [1.82, 2.24) is 0 Å². The molecule has 0 amide bonds. The maximum atomic E-state index is 5.87. The Balaban J connectivity index is 0.00000144. The first-order valence-corrected chi connectivity index (χ1v) is 6.38. The summed E-state index contributed by atoms with van der Waals surface area (Å²) in [4.78, 5) is 0. The normalized spacial score (nSPS) is 15.1. The van der Waals surface area contributed by atoms with Gasteiger partial charge < -0.3 is 24.8 Å². The number of ether oxygens (including phenoxy) is 1. The Labute approximate surface area is 133 Å². The van der Waals surface area contributed by atoms with Crippen LogP contribution in [-0.2, 0) is 25.2 Å². The summed E-state index contributed by atoms with van der Waals surface area (Å²) < 4.78 is 7.29. The van der Waals surface area contributed by atoms with Gasteiger partial charge in [0.2, 0.25) is 0 Å². The summed E-state index contributed by atoms with van der Waals surface area (Å²) >= 11 is 2.18. The molecule has 95 valence electrons. The second-order valence-corrected chi connectivity index (χ2v) is 4.73. The molecule has 0 saturated carbocycles. The molecule has 1 aliphatic carbocycles. The molecule has 0 radical (unpaired) electrons. The maximum Gasteiger partial charge on any atom is -1.00 e. The molecule has 0 saturated heterocycles. The van der Waals surface area contributed by atoms with Crippen molar-refractivity contribution in [2.24, 2.45) is 0 Å². The van der Waals surface area contributed by atoms with Crippen LogP contribution in [-0.4, -0.2) is 6.61 Å². The Morgan fingerprint density at radius 2 is 1.89 bits per heavy atom. The fourth-order valence-corrected chi connectivity index (χ4v) is 2.45. The molecule has 0 aromatic heterocycles. The van der Waals surface area contributed by atoms with Gasteiger partial charge in [-0.2, -0.15) is 0 Å². The summed E-state index contributed by atoms with van der Waals surface area (Å²) in [5, 5.41) is 0. The number of hydrogen-bond acceptors (Lipinski definition) is 1. The molecule has 2 rings (SSSR count). The van der Waals surface area contributed by atoms with Crippen molar-refractivity contribution in [3.05, 3.63) is 57.5 Å². The third-order valence-electron chi connectivity index (χ3n) is 2.69. The smallest absolute Gasteiger partial charge is 1.00 e. The third kappa shape index (κ3) is 4.26. The molecule has 0 heterocycles. The van der Waals surface area contributed by atoms with E-state index in [1.54, 1.807) is 0 Å². The van der Waals surface area contributed by atoms with Crippen molar-refractivity contribution in [3.8, 4) is 0 Å². The molecule has 18 heavy (non-hydrogen) atoms. The zero-order valence-electron chi connectivity index (χ0n) is 10.2. The Kier molecular flexibility index (Phi) is 8.93. The minimum Gasteiger partial charge on any atom is -1.00 e. The Hall–Kier alpha value is -0.0457. The van der Waals surface area contributed by atoms with Gasteiger partial charge >= 0.3 is 109 Å². The van der Waals surface area contributed by atoms with E-state index >= 15 is 0 Å². The van der Waals surface area contributed by atoms with Crippen LogP contribution < -0.4 is 24.8 Å². The van der Waals surface area contributed by atoms with Gasteiger partial charge in [-0.25, -0.2) is 0 Å². The van der Waals surface area contributed by atoms with Gasteiger partial charge in [0.1, 0.15) is 0 Å². The molecule has 1 atom stereocenters. The SMILES string of the molecule is CCOC(C1=[C]([Ti+2])CC=C1)c1ccccc1.[Cl-].[Cl-]. The van der Waals surface area contributed by atoms with Crippen molar-refractivity contribution < 1.29 is 50.0 Å². The van der Waals surface area contributed by atoms with E-state index in [0.29, 0.717) is 0 Å². The standard InChI is InChI=1S/C14H15O.2ClH.Ti/c1-2-15-14(13-10-6-7-11-13)12-8-4-3-5-9-12;;;/h3-6,8-10,14H,2,7H2,1H3;2*1H;/q;;;+2/p-2. The van der Waals surface area contributed by atoms with Gasteiger partial charge in [0.15, 0.2) is 0 Å². The average Bonchev–Trinajstić information content (AvgIpc) is 2.73. The van der Waals surface area contributed by atoms with E-state index in [1.807, 2.05) is 13.0 Å². The fourth-order valence-electron chi connectivity index (χ4n) is 1.93. The molecule has 1 aromatic carbocycles. The summed E-state index contributed by atoms with van der Waals surface area (Å²) in [6.07, 6.45) is 5.57. The van der Waals surface area contributed by atoms with Crippen molar-refractivity contribution >= 4 is 0 Å². The van der Waals surface area contributed by atoms with Gasteiger partial charge in [0.05, 0.1) is 0 Å². The first-order chi connectivity index (χ1) is 7.83. The van der Waals surface area contributed by atoms with E-state index in [1.165, 1.54) is 15.0 Å². The van der Waals surface area contributed by atoms with Crippen LogP contribution in [0.2, 0.25) is 0 Å². The van der Waals surface area contributed by atoms with Gasteiger partial charge in [-0.15, -0.1) is 0 Å². The molecule has 1 aliphatic rings. The molecular weight excluding hydrogens is 303 g/mol. The molecule has 0 fully saturated rings. The zero-order valence-corrected chi connectivity index (χ0v) is 13.3. The first kappa shape index (κ1) is 18.0. The Morgan fingerprint density at radius 3 is 2.39 bits per heavy atom. The van der Waals surface area contributed by atoms with Gasteiger partial charge in [-0.3, -0.25) is 0 Å². The van der Waals surface area contributed by atoms with E-state index in [9.17, 15) is 0 Å². The minimum absolute atomic E-state index is 0. The number of halogens is 2. The van der Waals surface area contributed by atoms with Crippen molar-refractivity contribution in [1.29, 1.82) is 0 Å². The zero-order chi connectivity index (χ0) is 11.4. The molecule has 4 heteroatoms. The predicted molar refractivity (Wildman–Crippen MR) is 61.6 cm³/mol. The molecular formula is C14H15Cl2OTi. The topological polar surface area (TPSA) is 9.23 Å². The third-order valence-corrected chi connectivity index (χ3v) is 3.46. The maximum absolute atomic E-state index is 5.87. The van der Waals surface area contributed by atoms with Crippen molar-refractivity contribution in [2.45, 2.75) is 19.4 Å². The largest absolute Gasteiger partial charge is 1.00 e. The van der Waals surface area contributed by atoms with Crippen LogP contribution in [0.3, 0.4) is 0 Å². The van der Waals surface area contributed by atoms with Crippen LogP contribution in [0, 0.1) is 0 Å². The van der Waals surface area contributed by atoms with Crippen LogP contribution >= 0.6 is 0 Å². The summed E-state index contributed by atoms with van der Waals surface area (Å²) in [6, 6.07) is 10.4. The molecule has 0 spiro atoms. The van der Waals surface area contributed by atoms with Crippen LogP contribution in [0.4, 0.5) is 0 Å². The molecule has 1 unspecified atom stereocenters. The first-order valence-electron chi connectivity index (χ1n) is 5.60. The quantitative estimate of drug-likeness (QED) is 0.560. The van der Waals surface area contributed by atoms with E-state index in [4.69, 9.17) is 4.74 Å². The number of allylic oxidation sites excluding steroid dienone is 2. The monoisotopic (exact) mass is 317 g/mol. The second kappa shape index (κ2) is 8.95. The van der Waals surface area contributed by atoms with Crippen LogP contribution in [0.25, 0.3) is 0 Å². The van der Waals surface area contributed by atoms with Gasteiger partial charge in [-0.1, -0.05) is 0 Å². The number of benzene rings is 1. The molecule has 1 aromatic rings. The summed E-state index contributed by atoms with van der Waals surface area (Å²) in [5.74, 6) is 0. The average molecular weight is 318 g/mol. The van der Waals surface area contributed by atoms with E-state index in [0.717, 1.165) is 13.0 Å². The molecule has 0 aliphatic heterocycles. The molecule has 0 bridgehead atoms. The van der Waals surface area contributed by atoms with E-state index in [2.05, 4.69) is 56.9 Å². The Bertz CT molecular complexity index is 415. The van der Waals surface area contributed by atoms with Crippen molar-refractivity contribution in [2.75, 3.05) is 6.61 Å². The summed E-state index contributed by atoms with van der Waals surface area (Å²) in [7, 11) is 0. The van der Waals surface area contributed by atoms with Crippen LogP contribution in [0.5, 0.6) is 0 Å². The van der Waals surface area contributed by atoms with E-state index < -0.39 is 0 Å². The Morgan fingerprint density at radius 1 is 1.22 bits per heavy atom. The summed E-state index contributed by atoms with van der Waals surface area (Å²) in [6.45, 7) is 2.79. The van der Waals surface area contributed by atoms with Gasteiger partial charge in [0, 0.05) is 0 Å². The number of hydrogen-bond donors (Lipinski definition) is 0. The van der Waals surface area contributed by atoms with Crippen LogP contribution in [0.1, 0.15) is 25.0 Å². The predicted octanol–water partition coefficient (Wildman–Crippen LogP) is -2.47. The second-order valence-electron chi connectivity index (χ2n) is 3.79. The minimum atomic E-state index is 0. The van der Waals surface area contributed by atoms with E-state index in [-0.39, 0.29) is 30.9 Å². The summed E-state index contributed by atoms with van der Waals surface area (Å²) in [5.41, 5.74) is 2.57. The van der Waals surface area contributed by atoms with Gasteiger partial charge in [-0.05, 0) is 0 Å². The van der Waals surface area contributed by atoms with Crippen molar-refractivity contribution in [3.63, 3.8) is 0 Å².